The first-order valence-electron chi connectivity index (χ1n) is 3.37. The number of amidine groups is 1. The van der Waals surface area contributed by atoms with Gasteiger partial charge in [-0.25, -0.2) is 4.98 Å². The number of hydrogen-bond donors (Lipinski definition) is 3. The van der Waals surface area contributed by atoms with Gasteiger partial charge in [-0.2, -0.15) is 0 Å². The lowest BCUT2D eigenvalue weighted by atomic mass is 10.3. The molecule has 0 bridgehead atoms. The number of halogens is 1. The number of carbonyl (C=O) groups excluding carboxylic acids is 1. The molecule has 14 heavy (non-hydrogen) atoms. The molecule has 0 aliphatic heterocycles. The minimum absolute atomic E-state index is 0. The standard InChI is InChI=1S/C7H8N4OS.ClH/c8-6(12)4-1-2-5(11-3-4)13-7(9)10;/h1-3H,(H2,8,12)(H3,9,10);1H. The summed E-state index contributed by atoms with van der Waals surface area (Å²) in [5.41, 5.74) is 10.5. The quantitative estimate of drug-likeness (QED) is 0.394. The molecule has 0 atom stereocenters. The van der Waals surface area contributed by atoms with Gasteiger partial charge < -0.3 is 11.5 Å². The predicted molar refractivity (Wildman–Crippen MR) is 57.8 cm³/mol. The first-order valence-corrected chi connectivity index (χ1v) is 4.19. The molecule has 0 aromatic carbocycles. The van der Waals surface area contributed by atoms with Gasteiger partial charge in [0.15, 0.2) is 5.17 Å². The van der Waals surface area contributed by atoms with Crippen LogP contribution in [0.1, 0.15) is 10.4 Å². The van der Waals surface area contributed by atoms with Crippen molar-refractivity contribution in [2.24, 2.45) is 11.5 Å². The zero-order valence-electron chi connectivity index (χ0n) is 7.06. The fourth-order valence-electron chi connectivity index (χ4n) is 0.699. The Hall–Kier alpha value is -1.27. The summed E-state index contributed by atoms with van der Waals surface area (Å²) in [6.07, 6.45) is 1.35. The molecule has 1 aromatic heterocycles. The monoisotopic (exact) mass is 232 g/mol. The van der Waals surface area contributed by atoms with Crippen molar-refractivity contribution in [1.29, 1.82) is 5.41 Å². The topological polar surface area (TPSA) is 106 Å². The highest BCUT2D eigenvalue weighted by Crippen LogP contribution is 2.13. The molecule has 7 heteroatoms. The first-order chi connectivity index (χ1) is 6.09. The predicted octanol–water partition coefficient (Wildman–Crippen LogP) is 0.588. The highest BCUT2D eigenvalue weighted by Gasteiger charge is 2.01. The normalized spacial score (nSPS) is 8.86. The number of carbonyl (C=O) groups is 1. The number of nitrogens with one attached hydrogen (secondary N) is 1. The van der Waals surface area contributed by atoms with Crippen LogP contribution in [0.2, 0.25) is 0 Å². The van der Waals surface area contributed by atoms with Crippen LogP contribution < -0.4 is 11.5 Å². The lowest BCUT2D eigenvalue weighted by molar-refractivity contribution is 0.1000. The van der Waals surface area contributed by atoms with E-state index in [1.54, 1.807) is 12.1 Å². The molecule has 0 radical (unpaired) electrons. The maximum Gasteiger partial charge on any atom is 0.250 e. The van der Waals surface area contributed by atoms with Gasteiger partial charge in [-0.15, -0.1) is 12.4 Å². The first kappa shape index (κ1) is 12.7. The SMILES string of the molecule is Cl.N=C(N)Sc1ccc(C(N)=O)cn1. The fourth-order valence-corrected chi connectivity index (χ4v) is 1.17. The molecule has 0 spiro atoms. The third-order valence-corrected chi connectivity index (χ3v) is 1.91. The van der Waals surface area contributed by atoms with E-state index in [1.165, 1.54) is 6.20 Å². The van der Waals surface area contributed by atoms with E-state index in [4.69, 9.17) is 16.9 Å². The Morgan fingerprint density at radius 2 is 2.07 bits per heavy atom. The molecule has 1 rings (SSSR count). The van der Waals surface area contributed by atoms with Crippen molar-refractivity contribution in [3.8, 4) is 0 Å². The van der Waals surface area contributed by atoms with Gasteiger partial charge in [-0.05, 0) is 23.9 Å². The van der Waals surface area contributed by atoms with E-state index in [0.717, 1.165) is 11.8 Å². The van der Waals surface area contributed by atoms with Gasteiger partial charge >= 0.3 is 0 Å². The van der Waals surface area contributed by atoms with Crippen LogP contribution in [0.4, 0.5) is 0 Å². The van der Waals surface area contributed by atoms with Gasteiger partial charge in [0.05, 0.1) is 5.56 Å². The van der Waals surface area contributed by atoms with E-state index in [2.05, 4.69) is 4.98 Å². The summed E-state index contributed by atoms with van der Waals surface area (Å²) in [7, 11) is 0. The minimum Gasteiger partial charge on any atom is -0.378 e. The van der Waals surface area contributed by atoms with Gasteiger partial charge in [0, 0.05) is 6.20 Å². The second kappa shape index (κ2) is 5.46. The minimum atomic E-state index is -0.521. The van der Waals surface area contributed by atoms with Crippen molar-refractivity contribution < 1.29 is 4.79 Å². The number of nitrogens with zero attached hydrogens (tertiary/aromatic N) is 1. The van der Waals surface area contributed by atoms with Crippen molar-refractivity contribution in [3.05, 3.63) is 23.9 Å². The largest absolute Gasteiger partial charge is 0.378 e. The van der Waals surface area contributed by atoms with Crippen LogP contribution in [-0.2, 0) is 0 Å². The zero-order chi connectivity index (χ0) is 9.84. The van der Waals surface area contributed by atoms with E-state index in [0.29, 0.717) is 10.6 Å². The van der Waals surface area contributed by atoms with E-state index in [1.807, 2.05) is 0 Å². The third-order valence-electron chi connectivity index (χ3n) is 1.24. The average Bonchev–Trinajstić information content (AvgIpc) is 2.04. The molecule has 5 N–H and O–H groups in total. The molecule has 0 unspecified atom stereocenters. The second-order valence-corrected chi connectivity index (χ2v) is 3.28. The Kier molecular flexibility index (Phi) is 4.96. The molecule has 1 heterocycles. The summed E-state index contributed by atoms with van der Waals surface area (Å²) < 4.78 is 0. The highest BCUT2D eigenvalue weighted by molar-refractivity contribution is 8.13. The molecular weight excluding hydrogens is 224 g/mol. The zero-order valence-corrected chi connectivity index (χ0v) is 8.69. The van der Waals surface area contributed by atoms with E-state index in [9.17, 15) is 4.79 Å². The molecule has 1 amide bonds. The fraction of sp³-hybridized carbons (Fsp3) is 0. The van der Waals surface area contributed by atoms with Crippen LogP contribution in [-0.4, -0.2) is 16.1 Å². The maximum atomic E-state index is 10.6. The van der Waals surface area contributed by atoms with Crippen LogP contribution in [0.3, 0.4) is 0 Å². The van der Waals surface area contributed by atoms with Crippen LogP contribution in [0.25, 0.3) is 0 Å². The maximum absolute atomic E-state index is 10.6. The lowest BCUT2D eigenvalue weighted by Crippen LogP contribution is -2.11. The smallest absolute Gasteiger partial charge is 0.250 e. The summed E-state index contributed by atoms with van der Waals surface area (Å²) in [5, 5.41) is 7.50. The number of rotatable bonds is 2. The van der Waals surface area contributed by atoms with Gasteiger partial charge in [-0.1, -0.05) is 0 Å². The Balaban J connectivity index is 0.00000169. The van der Waals surface area contributed by atoms with E-state index >= 15 is 0 Å². The van der Waals surface area contributed by atoms with Crippen molar-refractivity contribution >= 4 is 35.2 Å². The summed E-state index contributed by atoms with van der Waals surface area (Å²) >= 11 is 1.02. The molecule has 0 aliphatic rings. The molecule has 0 aliphatic carbocycles. The number of aromatic nitrogens is 1. The Bertz CT molecular complexity index is 340. The number of hydrogen-bond acceptors (Lipinski definition) is 4. The lowest BCUT2D eigenvalue weighted by Gasteiger charge is -1.98. The second-order valence-electron chi connectivity index (χ2n) is 2.22. The van der Waals surface area contributed by atoms with Crippen molar-refractivity contribution in [2.75, 3.05) is 0 Å². The van der Waals surface area contributed by atoms with Crippen LogP contribution in [0, 0.1) is 5.41 Å². The summed E-state index contributed by atoms with van der Waals surface area (Å²) in [6.45, 7) is 0. The number of amides is 1. The molecule has 76 valence electrons. The van der Waals surface area contributed by atoms with E-state index in [-0.39, 0.29) is 17.6 Å². The number of pyridine rings is 1. The van der Waals surface area contributed by atoms with Gasteiger partial charge in [0.2, 0.25) is 5.91 Å². The van der Waals surface area contributed by atoms with Crippen LogP contribution in [0.15, 0.2) is 23.4 Å². The van der Waals surface area contributed by atoms with Crippen LogP contribution >= 0.6 is 24.2 Å². The summed E-state index contributed by atoms with van der Waals surface area (Å²) in [6, 6.07) is 3.13. The van der Waals surface area contributed by atoms with Crippen LogP contribution in [0.5, 0.6) is 0 Å². The molecule has 0 saturated carbocycles. The molecule has 5 nitrogen and oxygen atoms in total. The highest BCUT2D eigenvalue weighted by atomic mass is 35.5. The van der Waals surface area contributed by atoms with E-state index < -0.39 is 5.91 Å². The van der Waals surface area contributed by atoms with Gasteiger partial charge in [0.1, 0.15) is 5.03 Å². The van der Waals surface area contributed by atoms with Gasteiger partial charge in [-0.3, -0.25) is 10.2 Å². The average molecular weight is 233 g/mol. The number of thioether (sulfide) groups is 1. The van der Waals surface area contributed by atoms with Crippen molar-refractivity contribution in [1.82, 2.24) is 4.98 Å². The summed E-state index contributed by atoms with van der Waals surface area (Å²) in [5.74, 6) is -0.521. The Morgan fingerprint density at radius 1 is 1.43 bits per heavy atom. The van der Waals surface area contributed by atoms with Gasteiger partial charge in [0.25, 0.3) is 0 Å². The summed E-state index contributed by atoms with van der Waals surface area (Å²) in [4.78, 5) is 14.5. The third kappa shape index (κ3) is 3.63. The Labute approximate surface area is 91.2 Å². The number of nitrogens with two attached hydrogens (primary N) is 2. The Morgan fingerprint density at radius 3 is 2.43 bits per heavy atom. The molecule has 0 fully saturated rings. The van der Waals surface area contributed by atoms with Crippen molar-refractivity contribution in [2.45, 2.75) is 5.03 Å². The molecule has 0 saturated heterocycles. The molecular formula is C7H9ClN4OS. The molecule has 1 aromatic rings. The number of primary amides is 1. The van der Waals surface area contributed by atoms with Crippen molar-refractivity contribution in [3.63, 3.8) is 0 Å².